The molecule has 1 aliphatic rings. The first-order valence-corrected chi connectivity index (χ1v) is 9.16. The van der Waals surface area contributed by atoms with Crippen molar-refractivity contribution in [1.29, 1.82) is 0 Å². The highest BCUT2D eigenvalue weighted by Crippen LogP contribution is 2.34. The van der Waals surface area contributed by atoms with Crippen LogP contribution in [0.25, 0.3) is 0 Å². The fourth-order valence-corrected chi connectivity index (χ4v) is 2.79. The van der Waals surface area contributed by atoms with Gasteiger partial charge in [-0.1, -0.05) is 6.07 Å². The van der Waals surface area contributed by atoms with Gasteiger partial charge in [-0.15, -0.1) is 0 Å². The minimum absolute atomic E-state index is 0.107. The molecule has 1 aliphatic heterocycles. The molecule has 3 N–H and O–H groups in total. The van der Waals surface area contributed by atoms with Crippen LogP contribution in [0.4, 0.5) is 16.2 Å². The van der Waals surface area contributed by atoms with Crippen LogP contribution in [-0.2, 0) is 11.3 Å². The Morgan fingerprint density at radius 3 is 2.62 bits per heavy atom. The quantitative estimate of drug-likeness (QED) is 0.716. The molecule has 2 aromatic carbocycles. The maximum atomic E-state index is 12.3. The molecule has 0 atom stereocenters. The van der Waals surface area contributed by atoms with Crippen molar-refractivity contribution in [2.45, 2.75) is 20.4 Å². The molecule has 0 bridgehead atoms. The lowest BCUT2D eigenvalue weighted by Gasteiger charge is -2.18. The van der Waals surface area contributed by atoms with E-state index in [1.807, 2.05) is 19.9 Å². The molecule has 3 amide bonds. The van der Waals surface area contributed by atoms with Crippen LogP contribution in [0.1, 0.15) is 19.4 Å². The Balaban J connectivity index is 1.62. The number of amides is 3. The second kappa shape index (κ2) is 8.30. The molecular weight excluding hydrogens is 374 g/mol. The summed E-state index contributed by atoms with van der Waals surface area (Å²) in [5.41, 5.74) is 1.37. The SMILES string of the molecule is COc1ccc(CNC(=O)Nc2ccc3c(c2)OCC(C)(C)C(=O)N3)cc1OC. The van der Waals surface area contributed by atoms with Crippen LogP contribution < -0.4 is 30.2 Å². The van der Waals surface area contributed by atoms with E-state index in [-0.39, 0.29) is 18.5 Å². The number of methoxy groups -OCH3 is 2. The van der Waals surface area contributed by atoms with E-state index in [1.54, 1.807) is 44.6 Å². The number of ether oxygens (including phenoxy) is 3. The Morgan fingerprint density at radius 1 is 1.14 bits per heavy atom. The van der Waals surface area contributed by atoms with Crippen LogP contribution in [0.15, 0.2) is 36.4 Å². The molecule has 29 heavy (non-hydrogen) atoms. The maximum Gasteiger partial charge on any atom is 0.319 e. The van der Waals surface area contributed by atoms with Crippen molar-refractivity contribution in [2.75, 3.05) is 31.5 Å². The fourth-order valence-electron chi connectivity index (χ4n) is 2.79. The molecule has 0 saturated carbocycles. The zero-order valence-electron chi connectivity index (χ0n) is 16.9. The van der Waals surface area contributed by atoms with Gasteiger partial charge < -0.3 is 30.2 Å². The van der Waals surface area contributed by atoms with Gasteiger partial charge in [0.1, 0.15) is 12.4 Å². The van der Waals surface area contributed by atoms with E-state index >= 15 is 0 Å². The molecule has 0 aromatic heterocycles. The number of benzene rings is 2. The minimum Gasteiger partial charge on any atom is -0.493 e. The molecule has 8 heteroatoms. The summed E-state index contributed by atoms with van der Waals surface area (Å²) in [7, 11) is 3.13. The molecular formula is C21H25N3O5. The zero-order chi connectivity index (χ0) is 21.0. The molecule has 0 fully saturated rings. The number of hydrogen-bond donors (Lipinski definition) is 3. The smallest absolute Gasteiger partial charge is 0.319 e. The number of rotatable bonds is 5. The molecule has 0 aliphatic carbocycles. The first-order valence-electron chi connectivity index (χ1n) is 9.16. The molecule has 0 radical (unpaired) electrons. The van der Waals surface area contributed by atoms with Crippen LogP contribution >= 0.6 is 0 Å². The Hall–Kier alpha value is -3.42. The Morgan fingerprint density at radius 2 is 1.90 bits per heavy atom. The van der Waals surface area contributed by atoms with Gasteiger partial charge in [-0.05, 0) is 43.7 Å². The summed E-state index contributed by atoms with van der Waals surface area (Å²) < 4.78 is 16.2. The summed E-state index contributed by atoms with van der Waals surface area (Å²) >= 11 is 0. The minimum atomic E-state index is -0.636. The third-order valence-corrected chi connectivity index (χ3v) is 4.59. The van der Waals surface area contributed by atoms with Crippen molar-refractivity contribution in [2.24, 2.45) is 5.41 Å². The molecule has 3 rings (SSSR count). The number of nitrogens with one attached hydrogen (secondary N) is 3. The summed E-state index contributed by atoms with van der Waals surface area (Å²) in [4.78, 5) is 24.4. The summed E-state index contributed by atoms with van der Waals surface area (Å²) in [6.45, 7) is 4.20. The van der Waals surface area contributed by atoms with Crippen molar-refractivity contribution < 1.29 is 23.8 Å². The summed E-state index contributed by atoms with van der Waals surface area (Å²) in [5, 5.41) is 8.40. The van der Waals surface area contributed by atoms with Gasteiger partial charge >= 0.3 is 6.03 Å². The molecule has 8 nitrogen and oxygen atoms in total. The van der Waals surface area contributed by atoms with Gasteiger partial charge in [-0.25, -0.2) is 4.79 Å². The van der Waals surface area contributed by atoms with Crippen LogP contribution in [0.3, 0.4) is 0 Å². The average molecular weight is 399 g/mol. The first kappa shape index (κ1) is 20.3. The highest BCUT2D eigenvalue weighted by molar-refractivity contribution is 5.97. The maximum absolute atomic E-state index is 12.3. The predicted molar refractivity (Wildman–Crippen MR) is 110 cm³/mol. The molecule has 0 saturated heterocycles. The van der Waals surface area contributed by atoms with E-state index in [9.17, 15) is 9.59 Å². The van der Waals surface area contributed by atoms with Crippen LogP contribution in [0.5, 0.6) is 17.2 Å². The zero-order valence-corrected chi connectivity index (χ0v) is 16.9. The van der Waals surface area contributed by atoms with Gasteiger partial charge in [-0.3, -0.25) is 4.79 Å². The molecule has 0 unspecified atom stereocenters. The second-order valence-electron chi connectivity index (χ2n) is 7.33. The molecule has 1 heterocycles. The van der Waals surface area contributed by atoms with Gasteiger partial charge in [-0.2, -0.15) is 0 Å². The highest BCUT2D eigenvalue weighted by Gasteiger charge is 2.32. The van der Waals surface area contributed by atoms with E-state index in [1.165, 1.54) is 0 Å². The standard InChI is InChI=1S/C21H25N3O5/c1-21(2)12-29-17-10-14(6-7-15(17)24-19(21)25)23-20(26)22-11-13-5-8-16(27-3)18(9-13)28-4/h5-10H,11-12H2,1-4H3,(H,24,25)(H2,22,23,26). The summed E-state index contributed by atoms with van der Waals surface area (Å²) in [6, 6.07) is 10.2. The number of hydrogen-bond acceptors (Lipinski definition) is 5. The first-order chi connectivity index (χ1) is 13.8. The molecule has 2 aromatic rings. The second-order valence-corrected chi connectivity index (χ2v) is 7.33. The lowest BCUT2D eigenvalue weighted by molar-refractivity contribution is -0.124. The van der Waals surface area contributed by atoms with E-state index in [0.29, 0.717) is 35.2 Å². The van der Waals surface area contributed by atoms with Crippen molar-refractivity contribution in [3.05, 3.63) is 42.0 Å². The van der Waals surface area contributed by atoms with Crippen molar-refractivity contribution >= 4 is 23.3 Å². The normalized spacial score (nSPS) is 14.6. The lowest BCUT2D eigenvalue weighted by atomic mass is 9.94. The third-order valence-electron chi connectivity index (χ3n) is 4.59. The summed E-state index contributed by atoms with van der Waals surface area (Å²) in [6.07, 6.45) is 0. The van der Waals surface area contributed by atoms with E-state index in [0.717, 1.165) is 5.56 Å². The van der Waals surface area contributed by atoms with Crippen molar-refractivity contribution in [3.63, 3.8) is 0 Å². The average Bonchev–Trinajstić information content (AvgIpc) is 2.82. The molecule has 0 spiro atoms. The number of urea groups is 1. The van der Waals surface area contributed by atoms with Gasteiger partial charge in [0.05, 0.1) is 25.3 Å². The Labute approximate surface area is 169 Å². The Bertz CT molecular complexity index is 927. The largest absolute Gasteiger partial charge is 0.493 e. The van der Waals surface area contributed by atoms with E-state index in [2.05, 4.69) is 16.0 Å². The lowest BCUT2D eigenvalue weighted by Crippen LogP contribution is -2.33. The predicted octanol–water partition coefficient (Wildman–Crippen LogP) is 3.38. The van der Waals surface area contributed by atoms with Crippen LogP contribution in [0.2, 0.25) is 0 Å². The summed E-state index contributed by atoms with van der Waals surface area (Å²) in [5.74, 6) is 1.63. The van der Waals surface area contributed by atoms with E-state index < -0.39 is 5.41 Å². The third kappa shape index (κ3) is 4.71. The number of carbonyl (C=O) groups excluding carboxylic acids is 2. The van der Waals surface area contributed by atoms with Gasteiger partial charge in [0.2, 0.25) is 5.91 Å². The van der Waals surface area contributed by atoms with Crippen molar-refractivity contribution in [3.8, 4) is 17.2 Å². The van der Waals surface area contributed by atoms with Crippen LogP contribution in [-0.4, -0.2) is 32.8 Å². The van der Waals surface area contributed by atoms with Gasteiger partial charge in [0, 0.05) is 18.3 Å². The topological polar surface area (TPSA) is 97.9 Å². The number of carbonyl (C=O) groups is 2. The van der Waals surface area contributed by atoms with E-state index in [4.69, 9.17) is 14.2 Å². The number of anilines is 2. The Kier molecular flexibility index (Phi) is 5.81. The monoisotopic (exact) mass is 399 g/mol. The van der Waals surface area contributed by atoms with Crippen molar-refractivity contribution in [1.82, 2.24) is 5.32 Å². The molecule has 154 valence electrons. The van der Waals surface area contributed by atoms with Gasteiger partial charge in [0.15, 0.2) is 11.5 Å². The van der Waals surface area contributed by atoms with Gasteiger partial charge in [0.25, 0.3) is 0 Å². The highest BCUT2D eigenvalue weighted by atomic mass is 16.5. The number of fused-ring (bicyclic) bond motifs is 1. The van der Waals surface area contributed by atoms with Crippen LogP contribution in [0, 0.1) is 5.41 Å². The fraction of sp³-hybridized carbons (Fsp3) is 0.333.